The van der Waals surface area contributed by atoms with E-state index in [2.05, 4.69) is 166 Å². The van der Waals surface area contributed by atoms with Crippen molar-refractivity contribution >= 4 is 27.0 Å². The first kappa shape index (κ1) is 44.9. The molecule has 0 spiro atoms. The van der Waals surface area contributed by atoms with Crippen molar-refractivity contribution in [3.8, 4) is 22.3 Å². The second-order valence-electron chi connectivity index (χ2n) is 14.1. The Morgan fingerprint density at radius 2 is 0.980 bits per heavy atom. The number of fused-ring (bicyclic) bond motifs is 2. The van der Waals surface area contributed by atoms with Crippen LogP contribution in [0.25, 0.3) is 43.8 Å². The van der Waals surface area contributed by atoms with Crippen LogP contribution in [0.4, 0.5) is 0 Å². The van der Waals surface area contributed by atoms with Crippen LogP contribution in [0.1, 0.15) is 107 Å². The molecule has 0 aliphatic carbocycles. The van der Waals surface area contributed by atoms with E-state index in [1.807, 2.05) is 0 Å². The quantitative estimate of drug-likeness (QED) is 0.102. The molecule has 0 aromatic heterocycles. The molecule has 2 atom stereocenters. The van der Waals surface area contributed by atoms with E-state index in [0.717, 1.165) is 6.42 Å². The third kappa shape index (κ3) is 11.9. The van der Waals surface area contributed by atoms with Crippen molar-refractivity contribution in [1.82, 2.24) is 0 Å². The molecule has 0 N–H and O–H groups in total. The summed E-state index contributed by atoms with van der Waals surface area (Å²) >= 11 is 1.80. The topological polar surface area (TPSA) is 0 Å². The number of halogens is 2. The van der Waals surface area contributed by atoms with Gasteiger partial charge in [-0.15, -0.1) is 56.9 Å². The van der Waals surface area contributed by atoms with Gasteiger partial charge in [-0.05, 0) is 67.2 Å². The first-order chi connectivity index (χ1) is 23.5. The molecule has 0 amide bonds. The van der Waals surface area contributed by atoms with Gasteiger partial charge in [-0.2, -0.15) is 12.1 Å². The molecule has 0 saturated heterocycles. The molecule has 0 aliphatic rings. The fraction of sp³-hybridized carbons (Fsp3) is 0.362. The van der Waals surface area contributed by atoms with Crippen LogP contribution in [-0.4, -0.2) is 5.43 Å². The molecule has 6 rings (SSSR count). The minimum atomic E-state index is 0. The summed E-state index contributed by atoms with van der Waals surface area (Å²) in [5.74, 6) is 1.27. The SMILES string of the molecule is CCC(C)c1ccc(-c2cc(C)cc3[cH-]c(C)cc23)cc1.CC[Si](=[Zr+2])CC.CCc1cc2c(-c3ccc(C(C)CC)cc3)cc(C)cc2[cH-]1.[Cl-].[Cl-]. The summed E-state index contributed by atoms with van der Waals surface area (Å²) in [6.07, 6.45) is 3.48. The molecule has 0 heterocycles. The summed E-state index contributed by atoms with van der Waals surface area (Å²) in [6.45, 7) is 22.4. The maximum atomic E-state index is 2.35. The second-order valence-corrected chi connectivity index (χ2v) is 21.9. The molecular weight excluding hydrogens is 755 g/mol. The summed E-state index contributed by atoms with van der Waals surface area (Å²) in [7, 11) is 0. The predicted octanol–water partition coefficient (Wildman–Crippen LogP) is 8.54. The first-order valence-corrected chi connectivity index (χ1v) is 24.3. The van der Waals surface area contributed by atoms with Crippen molar-refractivity contribution < 1.29 is 48.1 Å². The summed E-state index contributed by atoms with van der Waals surface area (Å²) in [5.41, 5.74) is 13.9. The van der Waals surface area contributed by atoms with Crippen LogP contribution < -0.4 is 24.8 Å². The normalized spacial score (nSPS) is 11.8. The minimum absolute atomic E-state index is 0. The fourth-order valence-electron chi connectivity index (χ4n) is 6.54. The van der Waals surface area contributed by atoms with Gasteiger partial charge in [-0.3, -0.25) is 0 Å². The molecule has 51 heavy (non-hydrogen) atoms. The molecule has 6 aromatic rings. The zero-order valence-corrected chi connectivity index (χ0v) is 37.7. The van der Waals surface area contributed by atoms with E-state index in [4.69, 9.17) is 0 Å². The number of hydrogen-bond donors (Lipinski definition) is 0. The van der Waals surface area contributed by atoms with Crippen molar-refractivity contribution in [3.63, 3.8) is 0 Å². The van der Waals surface area contributed by atoms with Crippen LogP contribution in [-0.2, 0) is 29.8 Å². The van der Waals surface area contributed by atoms with Gasteiger partial charge in [0.05, 0.1) is 0 Å². The molecule has 0 saturated carbocycles. The Hall–Kier alpha value is -2.22. The van der Waals surface area contributed by atoms with Crippen LogP contribution in [0, 0.1) is 20.8 Å². The fourth-order valence-corrected chi connectivity index (χ4v) is 7.04. The third-order valence-electron chi connectivity index (χ3n) is 10.2. The Kier molecular flexibility index (Phi) is 18.9. The molecule has 0 nitrogen and oxygen atoms in total. The Labute approximate surface area is 337 Å². The van der Waals surface area contributed by atoms with Gasteiger partial charge >= 0.3 is 54.7 Å². The average molecular weight is 813 g/mol. The first-order valence-electron chi connectivity index (χ1n) is 18.7. The molecule has 0 aliphatic heterocycles. The number of aryl methyl sites for hydroxylation is 4. The van der Waals surface area contributed by atoms with E-state index < -0.39 is 0 Å². The van der Waals surface area contributed by atoms with Gasteiger partial charge in [0, 0.05) is 0 Å². The van der Waals surface area contributed by atoms with E-state index in [0.29, 0.717) is 11.8 Å². The van der Waals surface area contributed by atoms with Crippen molar-refractivity contribution in [1.29, 1.82) is 0 Å². The van der Waals surface area contributed by atoms with Crippen molar-refractivity contribution in [2.75, 3.05) is 0 Å². The van der Waals surface area contributed by atoms with Crippen molar-refractivity contribution in [2.24, 2.45) is 0 Å². The molecular formula is C47H58Cl2SiZr-2. The zero-order valence-electron chi connectivity index (χ0n) is 32.7. The van der Waals surface area contributed by atoms with Gasteiger partial charge in [0.1, 0.15) is 0 Å². The monoisotopic (exact) mass is 810 g/mol. The maximum absolute atomic E-state index is 2.35. The smallest absolute Gasteiger partial charge is 0.0193 e. The Morgan fingerprint density at radius 3 is 1.35 bits per heavy atom. The molecule has 2 unspecified atom stereocenters. The van der Waals surface area contributed by atoms with Gasteiger partial charge in [-0.1, -0.05) is 124 Å². The Morgan fingerprint density at radius 1 is 0.569 bits per heavy atom. The van der Waals surface area contributed by atoms with Crippen LogP contribution >= 0.6 is 0 Å². The average Bonchev–Trinajstić information content (AvgIpc) is 3.72. The van der Waals surface area contributed by atoms with Gasteiger partial charge in [0.2, 0.25) is 0 Å². The van der Waals surface area contributed by atoms with Gasteiger partial charge in [-0.25, -0.2) is 0 Å². The molecule has 0 radical (unpaired) electrons. The molecule has 6 aromatic carbocycles. The maximum Gasteiger partial charge on any atom is -0.0193 e. The summed E-state index contributed by atoms with van der Waals surface area (Å²) in [6, 6.07) is 39.7. The summed E-state index contributed by atoms with van der Waals surface area (Å²) in [5, 5.41) is 5.49. The van der Waals surface area contributed by atoms with E-state index in [1.165, 1.54) is 102 Å². The van der Waals surface area contributed by atoms with Gasteiger partial charge < -0.3 is 24.8 Å². The minimum Gasteiger partial charge on any atom is -1.00 e. The van der Waals surface area contributed by atoms with Crippen LogP contribution in [0.5, 0.6) is 0 Å². The van der Waals surface area contributed by atoms with Crippen LogP contribution in [0.15, 0.2) is 97.1 Å². The Bertz CT molecular complexity index is 1950. The van der Waals surface area contributed by atoms with E-state index in [-0.39, 0.29) is 30.2 Å². The molecule has 270 valence electrons. The third-order valence-corrected chi connectivity index (χ3v) is 17.1. The second kappa shape index (κ2) is 21.5. The standard InChI is InChI=1S/C22H25.C21H23.C4H10Si.2ClH.Zr/c1-5-16(4)18-7-9-19(10-8-18)21-12-15(3)11-20-13-17(6-2)14-22(20)21;1-5-16(4)17-6-8-18(9-7-17)20-12-14(2)10-19-11-15(3)13-21(19)20;1-3-5-4-2;;;/h7-14,16H,5-6H2,1-4H3;6-13,16H,5H2,1-4H3;3-4H2,1-2H3;2*1H;/q2*-1;;;;+2/p-2. The van der Waals surface area contributed by atoms with Gasteiger partial charge in [0.15, 0.2) is 0 Å². The summed E-state index contributed by atoms with van der Waals surface area (Å²) in [4.78, 5) is 0. The van der Waals surface area contributed by atoms with E-state index in [1.54, 1.807) is 23.3 Å². The molecule has 4 heteroatoms. The van der Waals surface area contributed by atoms with Gasteiger partial charge in [0.25, 0.3) is 0 Å². The zero-order chi connectivity index (χ0) is 35.7. The van der Waals surface area contributed by atoms with Crippen molar-refractivity contribution in [3.05, 3.63) is 130 Å². The predicted molar refractivity (Wildman–Crippen MR) is 218 cm³/mol. The Balaban J connectivity index is 0.000000296. The van der Waals surface area contributed by atoms with E-state index in [9.17, 15) is 0 Å². The number of hydrogen-bond acceptors (Lipinski definition) is 0. The van der Waals surface area contributed by atoms with Crippen LogP contribution in [0.2, 0.25) is 12.1 Å². The largest absolute Gasteiger partial charge is 1.00 e. The van der Waals surface area contributed by atoms with E-state index >= 15 is 0 Å². The molecule has 0 bridgehead atoms. The molecule has 0 fully saturated rings. The summed E-state index contributed by atoms with van der Waals surface area (Å²) < 4.78 is 0. The number of benzene rings is 4. The van der Waals surface area contributed by atoms with Crippen LogP contribution in [0.3, 0.4) is 0 Å². The number of rotatable bonds is 9. The van der Waals surface area contributed by atoms with Crippen molar-refractivity contribution in [2.45, 2.75) is 112 Å².